The Balaban J connectivity index is 2.74. The fourth-order valence-corrected chi connectivity index (χ4v) is 2.45. The van der Waals surface area contributed by atoms with Gasteiger partial charge in [0.1, 0.15) is 0 Å². The summed E-state index contributed by atoms with van der Waals surface area (Å²) >= 11 is 0. The average molecular weight is 246 g/mol. The Morgan fingerprint density at radius 2 is 2.06 bits per heavy atom. The molecule has 0 saturated heterocycles. The molecule has 0 aliphatic rings. The van der Waals surface area contributed by atoms with Crippen LogP contribution in [0, 0.1) is 0 Å². The minimum atomic E-state index is -3.44. The number of H-pyrrole nitrogens is 1. The molecule has 16 heavy (non-hydrogen) atoms. The van der Waals surface area contributed by atoms with Crippen LogP contribution in [0.1, 0.15) is 32.4 Å². The van der Waals surface area contributed by atoms with Gasteiger partial charge in [0.25, 0.3) is 10.2 Å². The van der Waals surface area contributed by atoms with Crippen LogP contribution < -0.4 is 4.72 Å². The fourth-order valence-electron chi connectivity index (χ4n) is 1.15. The van der Waals surface area contributed by atoms with Gasteiger partial charge >= 0.3 is 0 Å². The van der Waals surface area contributed by atoms with E-state index in [0.717, 1.165) is 5.56 Å². The summed E-state index contributed by atoms with van der Waals surface area (Å²) in [5, 5.41) is 6.43. The molecule has 0 fully saturated rings. The van der Waals surface area contributed by atoms with E-state index < -0.39 is 10.2 Å². The molecule has 92 valence electrons. The average Bonchev–Trinajstić information content (AvgIpc) is 2.68. The van der Waals surface area contributed by atoms with Crippen molar-refractivity contribution in [3.05, 3.63) is 18.0 Å². The van der Waals surface area contributed by atoms with E-state index in [9.17, 15) is 8.42 Å². The van der Waals surface area contributed by atoms with Crippen molar-refractivity contribution in [1.82, 2.24) is 19.2 Å². The normalized spacial score (nSPS) is 14.6. The third-order valence-corrected chi connectivity index (χ3v) is 4.28. The molecule has 0 aromatic carbocycles. The highest BCUT2D eigenvalue weighted by atomic mass is 32.2. The van der Waals surface area contributed by atoms with E-state index in [1.54, 1.807) is 26.4 Å². The Morgan fingerprint density at radius 1 is 1.44 bits per heavy atom. The van der Waals surface area contributed by atoms with Gasteiger partial charge in [-0.05, 0) is 20.8 Å². The summed E-state index contributed by atoms with van der Waals surface area (Å²) in [6.45, 7) is 5.42. The lowest BCUT2D eigenvalue weighted by Gasteiger charge is -2.23. The van der Waals surface area contributed by atoms with Gasteiger partial charge in [-0.15, -0.1) is 0 Å². The summed E-state index contributed by atoms with van der Waals surface area (Å²) in [5.41, 5.74) is 0.806. The van der Waals surface area contributed by atoms with E-state index in [4.69, 9.17) is 0 Å². The maximum atomic E-state index is 11.9. The van der Waals surface area contributed by atoms with Crippen molar-refractivity contribution < 1.29 is 8.42 Å². The second-order valence-electron chi connectivity index (χ2n) is 3.99. The Morgan fingerprint density at radius 3 is 2.50 bits per heavy atom. The first-order valence-electron chi connectivity index (χ1n) is 5.08. The van der Waals surface area contributed by atoms with E-state index in [-0.39, 0.29) is 12.1 Å². The smallest absolute Gasteiger partial charge is 0.279 e. The van der Waals surface area contributed by atoms with Gasteiger partial charge in [0, 0.05) is 30.9 Å². The Hall–Kier alpha value is -0.920. The molecule has 7 heteroatoms. The molecular weight excluding hydrogens is 228 g/mol. The number of hydrogen-bond acceptors (Lipinski definition) is 3. The zero-order chi connectivity index (χ0) is 12.3. The topological polar surface area (TPSA) is 78.1 Å². The van der Waals surface area contributed by atoms with Gasteiger partial charge in [0.15, 0.2) is 0 Å². The third-order valence-electron chi connectivity index (χ3n) is 2.45. The molecule has 1 rings (SSSR count). The van der Waals surface area contributed by atoms with Crippen molar-refractivity contribution >= 4 is 10.2 Å². The number of nitrogens with one attached hydrogen (secondary N) is 2. The van der Waals surface area contributed by atoms with Crippen molar-refractivity contribution in [2.45, 2.75) is 32.9 Å². The van der Waals surface area contributed by atoms with Gasteiger partial charge in [-0.25, -0.2) is 0 Å². The first-order chi connectivity index (χ1) is 7.34. The highest BCUT2D eigenvalue weighted by Crippen LogP contribution is 2.12. The lowest BCUT2D eigenvalue weighted by molar-refractivity contribution is 0.398. The van der Waals surface area contributed by atoms with Gasteiger partial charge in [-0.2, -0.15) is 22.5 Å². The molecule has 0 bridgehead atoms. The first-order valence-corrected chi connectivity index (χ1v) is 6.52. The summed E-state index contributed by atoms with van der Waals surface area (Å²) in [4.78, 5) is 0. The summed E-state index contributed by atoms with van der Waals surface area (Å²) < 4.78 is 27.6. The molecule has 1 aromatic heterocycles. The van der Waals surface area contributed by atoms with Gasteiger partial charge in [0.2, 0.25) is 0 Å². The van der Waals surface area contributed by atoms with E-state index in [0.29, 0.717) is 0 Å². The maximum absolute atomic E-state index is 11.9. The van der Waals surface area contributed by atoms with E-state index in [2.05, 4.69) is 14.9 Å². The summed E-state index contributed by atoms with van der Waals surface area (Å²) in [6.07, 6.45) is 3.27. The zero-order valence-electron chi connectivity index (χ0n) is 9.93. The highest BCUT2D eigenvalue weighted by molar-refractivity contribution is 7.87. The molecule has 1 heterocycles. The van der Waals surface area contributed by atoms with Crippen LogP contribution in [0.2, 0.25) is 0 Å². The molecule has 6 nitrogen and oxygen atoms in total. The molecule has 0 aliphatic heterocycles. The van der Waals surface area contributed by atoms with Gasteiger partial charge in [-0.3, -0.25) is 5.10 Å². The fraction of sp³-hybridized carbons (Fsp3) is 0.667. The quantitative estimate of drug-likeness (QED) is 0.800. The molecule has 0 radical (unpaired) electrons. The minimum Gasteiger partial charge on any atom is -0.285 e. The number of hydrogen-bond donors (Lipinski definition) is 2. The second kappa shape index (κ2) is 4.94. The van der Waals surface area contributed by atoms with Crippen LogP contribution in [0.3, 0.4) is 0 Å². The molecule has 1 atom stereocenters. The Bertz CT molecular complexity index is 413. The highest BCUT2D eigenvalue weighted by Gasteiger charge is 2.23. The molecule has 0 amide bonds. The summed E-state index contributed by atoms with van der Waals surface area (Å²) in [6, 6.07) is -0.376. The van der Waals surface area contributed by atoms with Crippen LogP contribution in [-0.2, 0) is 10.2 Å². The maximum Gasteiger partial charge on any atom is 0.279 e. The van der Waals surface area contributed by atoms with Crippen LogP contribution in [0.5, 0.6) is 0 Å². The van der Waals surface area contributed by atoms with Crippen LogP contribution in [0.25, 0.3) is 0 Å². The van der Waals surface area contributed by atoms with Crippen LogP contribution in [-0.4, -0.2) is 36.0 Å². The van der Waals surface area contributed by atoms with Crippen LogP contribution in [0.15, 0.2) is 12.4 Å². The molecule has 2 N–H and O–H groups in total. The minimum absolute atomic E-state index is 0.0750. The zero-order valence-corrected chi connectivity index (χ0v) is 10.7. The molecule has 0 spiro atoms. The van der Waals surface area contributed by atoms with Crippen molar-refractivity contribution in [1.29, 1.82) is 0 Å². The molecule has 0 saturated carbocycles. The summed E-state index contributed by atoms with van der Waals surface area (Å²) in [5.74, 6) is 0. The van der Waals surface area contributed by atoms with Gasteiger partial charge in [0.05, 0.1) is 6.20 Å². The predicted molar refractivity (Wildman–Crippen MR) is 62.0 cm³/mol. The lowest BCUT2D eigenvalue weighted by Crippen LogP contribution is -2.42. The molecular formula is C9H18N4O2S. The Labute approximate surface area is 96.2 Å². The monoisotopic (exact) mass is 246 g/mol. The van der Waals surface area contributed by atoms with E-state index in [1.165, 1.54) is 4.31 Å². The van der Waals surface area contributed by atoms with Crippen LogP contribution >= 0.6 is 0 Å². The molecule has 1 unspecified atom stereocenters. The van der Waals surface area contributed by atoms with Crippen molar-refractivity contribution in [3.8, 4) is 0 Å². The predicted octanol–water partition coefficient (Wildman–Crippen LogP) is 0.645. The SMILES string of the molecule is CC(NS(=O)(=O)N(C)C(C)C)c1cn[nH]c1. The number of nitrogens with zero attached hydrogens (tertiary/aromatic N) is 2. The van der Waals surface area contributed by atoms with Gasteiger partial charge in [-0.1, -0.05) is 0 Å². The number of aromatic nitrogens is 2. The summed E-state index contributed by atoms with van der Waals surface area (Å²) in [7, 11) is -1.89. The largest absolute Gasteiger partial charge is 0.285 e. The standard InChI is InChI=1S/C9H18N4O2S/c1-7(2)13(4)16(14,15)12-8(3)9-5-10-11-6-9/h5-8,12H,1-4H3,(H,10,11). The van der Waals surface area contributed by atoms with Crippen molar-refractivity contribution in [2.24, 2.45) is 0 Å². The second-order valence-corrected chi connectivity index (χ2v) is 5.75. The first kappa shape index (κ1) is 13.1. The van der Waals surface area contributed by atoms with E-state index >= 15 is 0 Å². The van der Waals surface area contributed by atoms with Crippen molar-refractivity contribution in [3.63, 3.8) is 0 Å². The lowest BCUT2D eigenvalue weighted by atomic mass is 10.2. The van der Waals surface area contributed by atoms with Crippen molar-refractivity contribution in [2.75, 3.05) is 7.05 Å². The molecule has 1 aromatic rings. The number of aromatic amines is 1. The van der Waals surface area contributed by atoms with Gasteiger partial charge < -0.3 is 0 Å². The Kier molecular flexibility index (Phi) is 4.06. The third kappa shape index (κ3) is 3.03. The molecule has 0 aliphatic carbocycles. The van der Waals surface area contributed by atoms with E-state index in [1.807, 2.05) is 13.8 Å². The number of rotatable bonds is 5. The van der Waals surface area contributed by atoms with Crippen LogP contribution in [0.4, 0.5) is 0 Å².